The molecule has 0 aromatic heterocycles. The van der Waals surface area contributed by atoms with Gasteiger partial charge in [-0.3, -0.25) is 4.79 Å². The smallest absolute Gasteiger partial charge is 0.308 e. The molecule has 1 saturated heterocycles. The summed E-state index contributed by atoms with van der Waals surface area (Å²) >= 11 is 0. The fraction of sp³-hybridized carbons (Fsp3) is 0.933. The average Bonchev–Trinajstić information content (AvgIpc) is 2.80. The normalized spacial score (nSPS) is 20.6. The lowest BCUT2D eigenvalue weighted by molar-refractivity contribution is -0.154. The van der Waals surface area contributed by atoms with E-state index in [2.05, 4.69) is 11.7 Å². The van der Waals surface area contributed by atoms with Gasteiger partial charge in [-0.15, -0.1) is 0 Å². The van der Waals surface area contributed by atoms with Crippen LogP contribution in [0.3, 0.4) is 0 Å². The minimum Gasteiger partial charge on any atom is -0.469 e. The molecule has 0 radical (unpaired) electrons. The van der Waals surface area contributed by atoms with Crippen LogP contribution in [0.15, 0.2) is 0 Å². The van der Waals surface area contributed by atoms with Crippen LogP contribution in [0.4, 0.5) is 0 Å². The molecule has 0 aromatic rings. The third-order valence-electron chi connectivity index (χ3n) is 3.73. The molecule has 1 aliphatic rings. The number of carbonyl (C=O) groups excluding carboxylic acids is 1. The van der Waals surface area contributed by atoms with Gasteiger partial charge in [0.2, 0.25) is 0 Å². The molecular weight excluding hydrogens is 260 g/mol. The summed E-state index contributed by atoms with van der Waals surface area (Å²) in [5.41, 5.74) is 0. The number of ether oxygens (including phenoxy) is 3. The highest BCUT2D eigenvalue weighted by Crippen LogP contribution is 2.28. The van der Waals surface area contributed by atoms with Crippen molar-refractivity contribution in [2.45, 2.75) is 64.3 Å². The molecule has 5 nitrogen and oxygen atoms in total. The van der Waals surface area contributed by atoms with Gasteiger partial charge in [-0.1, -0.05) is 26.2 Å². The third-order valence-corrected chi connectivity index (χ3v) is 3.73. The van der Waals surface area contributed by atoms with E-state index in [1.165, 1.54) is 7.11 Å². The summed E-state index contributed by atoms with van der Waals surface area (Å²) in [4.78, 5) is 11.0. The minimum absolute atomic E-state index is 0.0891. The number of hydrogen-bond acceptors (Lipinski definition) is 5. The van der Waals surface area contributed by atoms with Gasteiger partial charge >= 0.3 is 5.97 Å². The number of aliphatic hydroxyl groups excluding tert-OH is 1. The van der Waals surface area contributed by atoms with Gasteiger partial charge in [0.1, 0.15) is 0 Å². The van der Waals surface area contributed by atoms with Crippen molar-refractivity contribution >= 4 is 5.97 Å². The Morgan fingerprint density at radius 1 is 1.30 bits per heavy atom. The first-order chi connectivity index (χ1) is 9.45. The summed E-state index contributed by atoms with van der Waals surface area (Å²) in [6.07, 6.45) is 4.08. The van der Waals surface area contributed by atoms with Crippen molar-refractivity contribution in [1.82, 2.24) is 0 Å². The number of methoxy groups -OCH3 is 1. The molecule has 118 valence electrons. The zero-order chi connectivity index (χ0) is 15.0. The summed E-state index contributed by atoms with van der Waals surface area (Å²) in [5, 5.41) is 9.65. The first kappa shape index (κ1) is 17.4. The number of unbranched alkanes of at least 4 members (excludes halogenated alkanes) is 1. The van der Waals surface area contributed by atoms with Gasteiger partial charge in [0.15, 0.2) is 5.79 Å². The van der Waals surface area contributed by atoms with E-state index in [0.717, 1.165) is 25.7 Å². The Morgan fingerprint density at radius 2 is 1.90 bits per heavy atom. The molecule has 0 unspecified atom stereocenters. The monoisotopic (exact) mass is 288 g/mol. The van der Waals surface area contributed by atoms with E-state index in [9.17, 15) is 9.90 Å². The number of rotatable bonds is 9. The summed E-state index contributed by atoms with van der Waals surface area (Å²) < 4.78 is 15.7. The summed E-state index contributed by atoms with van der Waals surface area (Å²) in [6.45, 7) is 5.56. The van der Waals surface area contributed by atoms with Gasteiger partial charge in [0.25, 0.3) is 0 Å². The van der Waals surface area contributed by atoms with E-state index in [4.69, 9.17) is 9.47 Å². The van der Waals surface area contributed by atoms with Crippen LogP contribution in [-0.2, 0) is 19.0 Å². The Kier molecular flexibility index (Phi) is 7.48. The molecule has 2 atom stereocenters. The lowest BCUT2D eigenvalue weighted by Gasteiger charge is -2.25. The predicted molar refractivity (Wildman–Crippen MR) is 75.2 cm³/mol. The zero-order valence-corrected chi connectivity index (χ0v) is 12.9. The molecule has 5 heteroatoms. The van der Waals surface area contributed by atoms with Gasteiger partial charge < -0.3 is 19.3 Å². The van der Waals surface area contributed by atoms with E-state index in [1.807, 2.05) is 6.92 Å². The Bertz CT molecular complexity index is 286. The Balaban J connectivity index is 2.07. The van der Waals surface area contributed by atoms with Crippen molar-refractivity contribution in [3.63, 3.8) is 0 Å². The second kappa shape index (κ2) is 8.60. The van der Waals surface area contributed by atoms with Gasteiger partial charge in [0, 0.05) is 6.42 Å². The lowest BCUT2D eigenvalue weighted by Crippen LogP contribution is -2.28. The van der Waals surface area contributed by atoms with Crippen LogP contribution in [0.2, 0.25) is 0 Å². The SMILES string of the molecule is COC(=O)C[C@@H](O)CCCC[C@@H](C)CC1(C)OCCO1. The predicted octanol–water partition coefficient (Wildman–Crippen LogP) is 2.26. The molecule has 0 bridgehead atoms. The molecular formula is C15H28O5. The fourth-order valence-electron chi connectivity index (χ4n) is 2.66. The van der Waals surface area contributed by atoms with Gasteiger partial charge in [-0.05, 0) is 19.3 Å². The molecule has 0 aromatic carbocycles. The van der Waals surface area contributed by atoms with Crippen LogP contribution in [0.25, 0.3) is 0 Å². The highest BCUT2D eigenvalue weighted by Gasteiger charge is 2.32. The van der Waals surface area contributed by atoms with E-state index in [0.29, 0.717) is 25.6 Å². The van der Waals surface area contributed by atoms with Crippen LogP contribution >= 0.6 is 0 Å². The topological polar surface area (TPSA) is 65.0 Å². The second-order valence-corrected chi connectivity index (χ2v) is 5.86. The Labute approximate surface area is 121 Å². The van der Waals surface area contributed by atoms with Gasteiger partial charge in [-0.2, -0.15) is 0 Å². The maximum absolute atomic E-state index is 11.0. The van der Waals surface area contributed by atoms with Crippen LogP contribution in [-0.4, -0.2) is 43.3 Å². The molecule has 0 aliphatic carbocycles. The number of esters is 1. The van der Waals surface area contributed by atoms with E-state index >= 15 is 0 Å². The molecule has 1 aliphatic heterocycles. The third kappa shape index (κ3) is 6.68. The maximum atomic E-state index is 11.0. The van der Waals surface area contributed by atoms with Crippen molar-refractivity contribution in [2.24, 2.45) is 5.92 Å². The van der Waals surface area contributed by atoms with Crippen LogP contribution in [0.5, 0.6) is 0 Å². The molecule has 0 amide bonds. The number of aliphatic hydroxyl groups is 1. The van der Waals surface area contributed by atoms with Gasteiger partial charge in [0.05, 0.1) is 32.8 Å². The van der Waals surface area contributed by atoms with Crippen LogP contribution in [0.1, 0.15) is 52.4 Å². The maximum Gasteiger partial charge on any atom is 0.308 e. The number of hydrogen-bond donors (Lipinski definition) is 1. The lowest BCUT2D eigenvalue weighted by atomic mass is 9.95. The summed E-state index contributed by atoms with van der Waals surface area (Å²) in [7, 11) is 1.34. The van der Waals surface area contributed by atoms with Crippen molar-refractivity contribution in [2.75, 3.05) is 20.3 Å². The zero-order valence-electron chi connectivity index (χ0n) is 12.9. The first-order valence-corrected chi connectivity index (χ1v) is 7.48. The molecule has 0 saturated carbocycles. The summed E-state index contributed by atoms with van der Waals surface area (Å²) in [6, 6.07) is 0. The van der Waals surface area contributed by atoms with Crippen molar-refractivity contribution in [1.29, 1.82) is 0 Å². The second-order valence-electron chi connectivity index (χ2n) is 5.86. The van der Waals surface area contributed by atoms with Crippen molar-refractivity contribution in [3.05, 3.63) is 0 Å². The van der Waals surface area contributed by atoms with Gasteiger partial charge in [-0.25, -0.2) is 0 Å². The van der Waals surface area contributed by atoms with E-state index < -0.39 is 11.9 Å². The molecule has 0 spiro atoms. The van der Waals surface area contributed by atoms with Crippen LogP contribution in [0, 0.1) is 5.92 Å². The molecule has 1 heterocycles. The summed E-state index contributed by atoms with van der Waals surface area (Å²) in [5.74, 6) is -0.241. The van der Waals surface area contributed by atoms with Crippen molar-refractivity contribution < 1.29 is 24.1 Å². The minimum atomic E-state index is -0.586. The molecule has 1 rings (SSSR count). The first-order valence-electron chi connectivity index (χ1n) is 7.48. The standard InChI is InChI=1S/C15H28O5/c1-12(11-15(2)19-8-9-20-15)6-4-5-7-13(16)10-14(17)18-3/h12-13,16H,4-11H2,1-3H3/t12-,13+/m1/s1. The molecule has 20 heavy (non-hydrogen) atoms. The van der Waals surface area contributed by atoms with E-state index in [-0.39, 0.29) is 12.4 Å². The van der Waals surface area contributed by atoms with Crippen LogP contribution < -0.4 is 0 Å². The largest absolute Gasteiger partial charge is 0.469 e. The highest BCUT2D eigenvalue weighted by atomic mass is 16.7. The fourth-order valence-corrected chi connectivity index (χ4v) is 2.66. The average molecular weight is 288 g/mol. The number of carbonyl (C=O) groups is 1. The van der Waals surface area contributed by atoms with E-state index in [1.54, 1.807) is 0 Å². The highest BCUT2D eigenvalue weighted by molar-refractivity contribution is 5.69. The molecule has 1 fully saturated rings. The quantitative estimate of drug-likeness (QED) is 0.521. The van der Waals surface area contributed by atoms with Crippen molar-refractivity contribution in [3.8, 4) is 0 Å². The molecule has 1 N–H and O–H groups in total. The Hall–Kier alpha value is -0.650. The Morgan fingerprint density at radius 3 is 2.50 bits per heavy atom.